The molecule has 1 unspecified atom stereocenters. The molecule has 1 aromatic rings. The normalized spacial score (nSPS) is 14.8. The van der Waals surface area contributed by atoms with E-state index < -0.39 is 11.6 Å². The van der Waals surface area contributed by atoms with Crippen LogP contribution in [-0.2, 0) is 10.4 Å². The Balaban J connectivity index is 2.91. The lowest BCUT2D eigenvalue weighted by Crippen LogP contribution is -2.31. The van der Waals surface area contributed by atoms with Crippen molar-refractivity contribution >= 4 is 17.7 Å². The van der Waals surface area contributed by atoms with Gasteiger partial charge in [-0.05, 0) is 24.6 Å². The van der Waals surface area contributed by atoms with Crippen LogP contribution < -0.4 is 0 Å². The summed E-state index contributed by atoms with van der Waals surface area (Å²) < 4.78 is 0. The van der Waals surface area contributed by atoms with Gasteiger partial charge in [0.1, 0.15) is 0 Å². The van der Waals surface area contributed by atoms with E-state index in [9.17, 15) is 9.90 Å². The van der Waals surface area contributed by atoms with Crippen molar-refractivity contribution in [2.24, 2.45) is 0 Å². The van der Waals surface area contributed by atoms with E-state index in [0.29, 0.717) is 10.8 Å². The highest BCUT2D eigenvalue weighted by molar-refractivity contribution is 7.99. The van der Waals surface area contributed by atoms with Gasteiger partial charge < -0.3 is 10.2 Å². The second kappa shape index (κ2) is 4.89. The van der Waals surface area contributed by atoms with Crippen LogP contribution in [0.25, 0.3) is 0 Å². The Morgan fingerprint density at radius 2 is 1.81 bits per heavy atom. The van der Waals surface area contributed by atoms with Gasteiger partial charge in [-0.1, -0.05) is 26.0 Å². The molecule has 0 aliphatic rings. The van der Waals surface area contributed by atoms with Crippen LogP contribution in [0.1, 0.15) is 26.3 Å². The van der Waals surface area contributed by atoms with Crippen molar-refractivity contribution < 1.29 is 15.0 Å². The number of hydrogen-bond donors (Lipinski definition) is 2. The fraction of sp³-hybridized carbons (Fsp3) is 0.417. The van der Waals surface area contributed by atoms with Gasteiger partial charge in [-0.25, -0.2) is 4.79 Å². The molecule has 0 bridgehead atoms. The quantitative estimate of drug-likeness (QED) is 0.794. The predicted octanol–water partition coefficient (Wildman–Crippen LogP) is 2.48. The second-order valence-corrected chi connectivity index (χ2v) is 5.72. The summed E-state index contributed by atoms with van der Waals surface area (Å²) in [6.07, 6.45) is 0. The summed E-state index contributed by atoms with van der Waals surface area (Å²) in [4.78, 5) is 11.9. The van der Waals surface area contributed by atoms with Crippen LogP contribution in [0.5, 0.6) is 0 Å². The number of benzene rings is 1. The molecular weight excluding hydrogens is 224 g/mol. The topological polar surface area (TPSA) is 57.5 Å². The first kappa shape index (κ1) is 13.1. The molecule has 0 fully saturated rings. The van der Waals surface area contributed by atoms with E-state index in [1.807, 2.05) is 12.1 Å². The van der Waals surface area contributed by atoms with Crippen LogP contribution in [0.4, 0.5) is 0 Å². The molecule has 0 aliphatic heterocycles. The molecule has 0 aliphatic carbocycles. The monoisotopic (exact) mass is 240 g/mol. The van der Waals surface area contributed by atoms with Crippen molar-refractivity contribution in [3.8, 4) is 0 Å². The molecule has 0 saturated heterocycles. The first-order chi connectivity index (χ1) is 7.34. The lowest BCUT2D eigenvalue weighted by atomic mass is 9.97. The number of carbonyl (C=O) groups is 1. The van der Waals surface area contributed by atoms with Crippen molar-refractivity contribution in [3.63, 3.8) is 0 Å². The summed E-state index contributed by atoms with van der Waals surface area (Å²) in [5.41, 5.74) is -1.42. The minimum atomic E-state index is -1.82. The first-order valence-corrected chi connectivity index (χ1v) is 5.95. The van der Waals surface area contributed by atoms with Gasteiger partial charge in [0.25, 0.3) is 0 Å². The minimum absolute atomic E-state index is 0.396. The smallest absolute Gasteiger partial charge is 0.340 e. The van der Waals surface area contributed by atoms with Gasteiger partial charge in [-0.15, -0.1) is 11.8 Å². The van der Waals surface area contributed by atoms with Crippen molar-refractivity contribution in [1.82, 2.24) is 0 Å². The summed E-state index contributed by atoms with van der Waals surface area (Å²) in [7, 11) is 0. The average Bonchev–Trinajstić information content (AvgIpc) is 2.17. The van der Waals surface area contributed by atoms with Gasteiger partial charge in [0.15, 0.2) is 5.60 Å². The maximum Gasteiger partial charge on any atom is 0.340 e. The SMILES string of the molecule is CC(C)Sc1ccc(C(C)(O)C(=O)O)cc1. The average molecular weight is 240 g/mol. The molecule has 3 nitrogen and oxygen atoms in total. The molecule has 2 N–H and O–H groups in total. The zero-order chi connectivity index (χ0) is 12.3. The molecule has 0 radical (unpaired) electrons. The van der Waals surface area contributed by atoms with E-state index in [0.717, 1.165) is 4.90 Å². The predicted molar refractivity (Wildman–Crippen MR) is 64.6 cm³/mol. The number of hydrogen-bond acceptors (Lipinski definition) is 3. The third kappa shape index (κ3) is 3.00. The number of thioether (sulfide) groups is 1. The molecule has 88 valence electrons. The highest BCUT2D eigenvalue weighted by atomic mass is 32.2. The summed E-state index contributed by atoms with van der Waals surface area (Å²) in [6.45, 7) is 5.46. The number of aliphatic hydroxyl groups is 1. The van der Waals surface area contributed by atoms with E-state index in [1.165, 1.54) is 6.92 Å². The molecule has 16 heavy (non-hydrogen) atoms. The fourth-order valence-corrected chi connectivity index (χ4v) is 2.09. The largest absolute Gasteiger partial charge is 0.479 e. The van der Waals surface area contributed by atoms with Crippen molar-refractivity contribution in [3.05, 3.63) is 29.8 Å². The number of aliphatic carboxylic acids is 1. The highest BCUT2D eigenvalue weighted by Crippen LogP contribution is 2.26. The van der Waals surface area contributed by atoms with Crippen LogP contribution in [0, 0.1) is 0 Å². The third-order valence-corrected chi connectivity index (χ3v) is 3.22. The van der Waals surface area contributed by atoms with Crippen LogP contribution in [-0.4, -0.2) is 21.4 Å². The zero-order valence-electron chi connectivity index (χ0n) is 9.60. The maximum atomic E-state index is 10.8. The number of carboxylic acids is 1. The highest BCUT2D eigenvalue weighted by Gasteiger charge is 2.31. The van der Waals surface area contributed by atoms with Gasteiger partial charge in [-0.2, -0.15) is 0 Å². The molecule has 0 saturated carbocycles. The minimum Gasteiger partial charge on any atom is -0.479 e. The number of rotatable bonds is 4. The molecule has 1 atom stereocenters. The summed E-state index contributed by atoms with van der Waals surface area (Å²) in [6, 6.07) is 6.96. The summed E-state index contributed by atoms with van der Waals surface area (Å²) >= 11 is 1.70. The Hall–Kier alpha value is -1.00. The summed E-state index contributed by atoms with van der Waals surface area (Å²) in [5, 5.41) is 19.1. The third-order valence-electron chi connectivity index (χ3n) is 2.20. The molecule has 1 rings (SSSR count). The standard InChI is InChI=1S/C12H16O3S/c1-8(2)16-10-6-4-9(5-7-10)12(3,15)11(13)14/h4-8,15H,1-3H3,(H,13,14). The molecule has 0 spiro atoms. The van der Waals surface area contributed by atoms with Crippen molar-refractivity contribution in [2.75, 3.05) is 0 Å². The maximum absolute atomic E-state index is 10.8. The van der Waals surface area contributed by atoms with Gasteiger partial charge in [0.2, 0.25) is 0 Å². The van der Waals surface area contributed by atoms with Gasteiger partial charge in [0.05, 0.1) is 0 Å². The second-order valence-electron chi connectivity index (χ2n) is 4.07. The van der Waals surface area contributed by atoms with Gasteiger partial charge in [0, 0.05) is 10.1 Å². The van der Waals surface area contributed by atoms with E-state index in [4.69, 9.17) is 5.11 Å². The lowest BCUT2D eigenvalue weighted by molar-refractivity contribution is -0.157. The van der Waals surface area contributed by atoms with Gasteiger partial charge in [-0.3, -0.25) is 0 Å². The van der Waals surface area contributed by atoms with E-state index in [1.54, 1.807) is 23.9 Å². The first-order valence-electron chi connectivity index (χ1n) is 5.07. The lowest BCUT2D eigenvalue weighted by Gasteiger charge is -2.18. The van der Waals surface area contributed by atoms with Crippen LogP contribution in [0.15, 0.2) is 29.2 Å². The van der Waals surface area contributed by atoms with E-state index in [-0.39, 0.29) is 0 Å². The number of carboxylic acid groups (broad SMARTS) is 1. The molecule has 4 heteroatoms. The molecule has 0 amide bonds. The Morgan fingerprint density at radius 3 is 2.19 bits per heavy atom. The van der Waals surface area contributed by atoms with Crippen LogP contribution >= 0.6 is 11.8 Å². The molecule has 0 heterocycles. The van der Waals surface area contributed by atoms with Crippen molar-refractivity contribution in [1.29, 1.82) is 0 Å². The zero-order valence-corrected chi connectivity index (χ0v) is 10.4. The Bertz CT molecular complexity index is 368. The molecule has 1 aromatic carbocycles. The Labute approximate surface area is 99.5 Å². The molecule has 0 aromatic heterocycles. The fourth-order valence-electron chi connectivity index (χ4n) is 1.25. The van der Waals surface area contributed by atoms with Gasteiger partial charge >= 0.3 is 5.97 Å². The van der Waals surface area contributed by atoms with Crippen LogP contribution in [0.3, 0.4) is 0 Å². The Morgan fingerprint density at radius 1 is 1.31 bits per heavy atom. The van der Waals surface area contributed by atoms with Crippen LogP contribution in [0.2, 0.25) is 0 Å². The molecular formula is C12H16O3S. The van der Waals surface area contributed by atoms with Crippen molar-refractivity contribution in [2.45, 2.75) is 36.5 Å². The van der Waals surface area contributed by atoms with E-state index in [2.05, 4.69) is 13.8 Å². The summed E-state index contributed by atoms with van der Waals surface area (Å²) in [5.74, 6) is -1.24. The van der Waals surface area contributed by atoms with E-state index >= 15 is 0 Å². The Kier molecular flexibility index (Phi) is 3.99.